The van der Waals surface area contributed by atoms with Crippen molar-refractivity contribution in [1.82, 2.24) is 5.32 Å². The van der Waals surface area contributed by atoms with Gasteiger partial charge in [-0.05, 0) is 44.6 Å². The second-order valence-electron chi connectivity index (χ2n) is 10.1. The average Bonchev–Trinajstić information content (AvgIpc) is 3.15. The molecule has 0 bridgehead atoms. The summed E-state index contributed by atoms with van der Waals surface area (Å²) in [6.45, 7) is 3.51. The van der Waals surface area contributed by atoms with E-state index in [4.69, 9.17) is 14.9 Å². The van der Waals surface area contributed by atoms with E-state index in [-0.39, 0.29) is 28.5 Å². The highest BCUT2D eigenvalue weighted by Crippen LogP contribution is 2.46. The molecule has 1 atom stereocenters. The summed E-state index contributed by atoms with van der Waals surface area (Å²) in [5.74, 6) is -0.119. The SMILES string of the molecule is CC(=N)/C(=C\O)C(=O)NC(C(=O)Nc1ccc2c(c1)OCC21CCOCC1)C1CCCCCCC1. The maximum absolute atomic E-state index is 13.5. The molecule has 1 saturated carbocycles. The predicted octanol–water partition coefficient (Wildman–Crippen LogP) is 4.39. The van der Waals surface area contributed by atoms with Crippen LogP contribution in [0.5, 0.6) is 5.75 Å². The summed E-state index contributed by atoms with van der Waals surface area (Å²) >= 11 is 0. The summed E-state index contributed by atoms with van der Waals surface area (Å²) in [5.41, 5.74) is 1.59. The van der Waals surface area contributed by atoms with Crippen molar-refractivity contribution in [2.45, 2.75) is 76.2 Å². The van der Waals surface area contributed by atoms with Crippen LogP contribution in [0.15, 0.2) is 30.0 Å². The zero-order chi connectivity index (χ0) is 24.8. The largest absolute Gasteiger partial charge is 0.515 e. The number of carbonyl (C=O) groups is 2. The van der Waals surface area contributed by atoms with Crippen molar-refractivity contribution in [3.63, 3.8) is 0 Å². The van der Waals surface area contributed by atoms with Gasteiger partial charge in [0, 0.05) is 41.7 Å². The lowest BCUT2D eigenvalue weighted by molar-refractivity contribution is -0.125. The van der Waals surface area contributed by atoms with Gasteiger partial charge in [-0.15, -0.1) is 0 Å². The van der Waals surface area contributed by atoms with Crippen LogP contribution in [-0.4, -0.2) is 48.5 Å². The number of carbonyl (C=O) groups excluding carboxylic acids is 2. The lowest BCUT2D eigenvalue weighted by atomic mass is 9.76. The second kappa shape index (κ2) is 11.2. The minimum Gasteiger partial charge on any atom is -0.515 e. The maximum atomic E-state index is 13.5. The molecule has 0 aromatic heterocycles. The number of fused-ring (bicyclic) bond motifs is 2. The van der Waals surface area contributed by atoms with Crippen LogP contribution in [0.4, 0.5) is 5.69 Å². The standard InChI is InChI=1S/C27H37N3O5/c1-18(28)21(16-31)25(32)30-24(19-7-5-3-2-4-6-8-19)26(33)29-20-9-10-22-23(15-20)35-17-27(22)11-13-34-14-12-27/h9-10,15-16,19,24,28,31H,2-8,11-14,17H2,1H3,(H,29,33)(H,30,32)/b21-16+,28-18?. The monoisotopic (exact) mass is 483 g/mol. The van der Waals surface area contributed by atoms with E-state index in [0.29, 0.717) is 18.6 Å². The van der Waals surface area contributed by atoms with E-state index < -0.39 is 11.9 Å². The number of nitrogens with one attached hydrogen (secondary N) is 3. The number of hydrogen-bond acceptors (Lipinski definition) is 6. The van der Waals surface area contributed by atoms with Crippen molar-refractivity contribution in [3.8, 4) is 5.75 Å². The van der Waals surface area contributed by atoms with Gasteiger partial charge in [0.05, 0.1) is 18.4 Å². The normalized spacial score (nSPS) is 21.2. The molecule has 1 aromatic rings. The molecule has 4 rings (SSSR count). The predicted molar refractivity (Wildman–Crippen MR) is 134 cm³/mol. The number of rotatable bonds is 6. The maximum Gasteiger partial charge on any atom is 0.256 e. The molecular weight excluding hydrogens is 446 g/mol. The van der Waals surface area contributed by atoms with Crippen molar-refractivity contribution in [1.29, 1.82) is 5.41 Å². The Bertz CT molecular complexity index is 975. The van der Waals surface area contributed by atoms with Gasteiger partial charge in [0.1, 0.15) is 11.8 Å². The Balaban J connectivity index is 1.52. The second-order valence-corrected chi connectivity index (χ2v) is 10.1. The Labute approximate surface area is 207 Å². The van der Waals surface area contributed by atoms with E-state index in [1.54, 1.807) is 0 Å². The molecule has 8 heteroatoms. The Morgan fingerprint density at radius 1 is 1.14 bits per heavy atom. The molecule has 4 N–H and O–H groups in total. The van der Waals surface area contributed by atoms with Gasteiger partial charge >= 0.3 is 0 Å². The molecule has 2 amide bonds. The van der Waals surface area contributed by atoms with E-state index in [0.717, 1.165) is 70.3 Å². The molecule has 1 aromatic carbocycles. The zero-order valence-electron chi connectivity index (χ0n) is 20.5. The van der Waals surface area contributed by atoms with Gasteiger partial charge in [0.15, 0.2) is 0 Å². The van der Waals surface area contributed by atoms with Crippen LogP contribution in [-0.2, 0) is 19.7 Å². The smallest absolute Gasteiger partial charge is 0.256 e. The molecule has 1 saturated heterocycles. The summed E-state index contributed by atoms with van der Waals surface area (Å²) in [4.78, 5) is 26.3. The Kier molecular flexibility index (Phi) is 8.11. The van der Waals surface area contributed by atoms with E-state index >= 15 is 0 Å². The van der Waals surface area contributed by atoms with Crippen LogP contribution >= 0.6 is 0 Å². The van der Waals surface area contributed by atoms with E-state index in [1.807, 2.05) is 18.2 Å². The third kappa shape index (κ3) is 5.69. The van der Waals surface area contributed by atoms with Crippen LogP contribution in [0, 0.1) is 11.3 Å². The van der Waals surface area contributed by atoms with Crippen molar-refractivity contribution in [3.05, 3.63) is 35.6 Å². The van der Waals surface area contributed by atoms with Gasteiger partial charge in [0.2, 0.25) is 5.91 Å². The van der Waals surface area contributed by atoms with Crippen LogP contribution < -0.4 is 15.4 Å². The Morgan fingerprint density at radius 3 is 2.49 bits per heavy atom. The highest BCUT2D eigenvalue weighted by Gasteiger charge is 2.42. The number of ether oxygens (including phenoxy) is 2. The van der Waals surface area contributed by atoms with E-state index in [2.05, 4.69) is 10.6 Å². The molecule has 1 unspecified atom stereocenters. The Hall–Kier alpha value is -2.87. The molecule has 0 radical (unpaired) electrons. The fourth-order valence-corrected chi connectivity index (χ4v) is 5.61. The molecule has 1 aliphatic carbocycles. The first-order valence-electron chi connectivity index (χ1n) is 12.8. The quantitative estimate of drug-likeness (QED) is 0.272. The number of amides is 2. The Morgan fingerprint density at radius 2 is 1.83 bits per heavy atom. The van der Waals surface area contributed by atoms with E-state index in [1.165, 1.54) is 18.9 Å². The molecule has 3 aliphatic rings. The van der Waals surface area contributed by atoms with E-state index in [9.17, 15) is 14.7 Å². The van der Waals surface area contributed by atoms with Crippen molar-refractivity contribution in [2.75, 3.05) is 25.1 Å². The number of aliphatic hydroxyl groups is 1. The van der Waals surface area contributed by atoms with Crippen LogP contribution in [0.25, 0.3) is 0 Å². The molecule has 35 heavy (non-hydrogen) atoms. The lowest BCUT2D eigenvalue weighted by Crippen LogP contribution is -2.49. The van der Waals surface area contributed by atoms with Gasteiger partial charge in [-0.1, -0.05) is 38.2 Å². The summed E-state index contributed by atoms with van der Waals surface area (Å²) in [7, 11) is 0. The molecule has 2 fully saturated rings. The summed E-state index contributed by atoms with van der Waals surface area (Å²) < 4.78 is 11.6. The molecule has 8 nitrogen and oxygen atoms in total. The van der Waals surface area contributed by atoms with Crippen molar-refractivity contribution >= 4 is 23.2 Å². The van der Waals surface area contributed by atoms with Crippen LogP contribution in [0.3, 0.4) is 0 Å². The summed E-state index contributed by atoms with van der Waals surface area (Å²) in [6.07, 6.45) is 9.63. The topological polar surface area (TPSA) is 121 Å². The van der Waals surface area contributed by atoms with Gasteiger partial charge in [-0.2, -0.15) is 0 Å². The molecule has 190 valence electrons. The average molecular weight is 484 g/mol. The van der Waals surface area contributed by atoms with Gasteiger partial charge in [-0.3, -0.25) is 9.59 Å². The fraction of sp³-hybridized carbons (Fsp3) is 0.593. The van der Waals surface area contributed by atoms with Gasteiger partial charge in [0.25, 0.3) is 5.91 Å². The number of anilines is 1. The first kappa shape index (κ1) is 25.2. The molecular formula is C27H37N3O5. The molecule has 1 spiro atoms. The van der Waals surface area contributed by atoms with Crippen molar-refractivity contribution in [2.24, 2.45) is 5.92 Å². The minimum atomic E-state index is -0.758. The van der Waals surface area contributed by atoms with Crippen LogP contribution in [0.1, 0.15) is 70.3 Å². The van der Waals surface area contributed by atoms with Crippen molar-refractivity contribution < 1.29 is 24.2 Å². The molecule has 2 aliphatic heterocycles. The summed E-state index contributed by atoms with van der Waals surface area (Å²) in [6, 6.07) is 5.05. The number of aliphatic hydroxyl groups excluding tert-OH is 1. The van der Waals surface area contributed by atoms with Crippen LogP contribution in [0.2, 0.25) is 0 Å². The zero-order valence-corrected chi connectivity index (χ0v) is 20.5. The fourth-order valence-electron chi connectivity index (χ4n) is 5.61. The number of hydrogen-bond donors (Lipinski definition) is 4. The first-order chi connectivity index (χ1) is 16.9. The van der Waals surface area contributed by atoms with Gasteiger partial charge in [-0.25, -0.2) is 0 Å². The van der Waals surface area contributed by atoms with Gasteiger partial charge < -0.3 is 30.6 Å². The number of benzene rings is 1. The summed E-state index contributed by atoms with van der Waals surface area (Å²) in [5, 5.41) is 23.0. The first-order valence-corrected chi connectivity index (χ1v) is 12.8. The minimum absolute atomic E-state index is 0.0108. The molecule has 2 heterocycles. The lowest BCUT2D eigenvalue weighted by Gasteiger charge is -2.32. The third-order valence-corrected chi connectivity index (χ3v) is 7.74. The highest BCUT2D eigenvalue weighted by atomic mass is 16.5. The third-order valence-electron chi connectivity index (χ3n) is 7.74. The highest BCUT2D eigenvalue weighted by molar-refractivity contribution is 6.20.